The Labute approximate surface area is 163 Å². The Kier molecular flexibility index (Phi) is 5.56. The first-order valence-electron chi connectivity index (χ1n) is 7.83. The summed E-state index contributed by atoms with van der Waals surface area (Å²) in [5, 5.41) is 14.2. The molecule has 0 spiro atoms. The van der Waals surface area contributed by atoms with Crippen LogP contribution >= 0.6 is 11.3 Å². The number of sulfone groups is 1. The van der Waals surface area contributed by atoms with Gasteiger partial charge in [0, 0.05) is 31.1 Å². The maximum atomic E-state index is 13.0. The minimum Gasteiger partial charge on any atom is -0.439 e. The molecule has 1 aromatic carbocycles. The molecule has 0 fully saturated rings. The fourth-order valence-corrected chi connectivity index (χ4v) is 4.16. The van der Waals surface area contributed by atoms with E-state index < -0.39 is 14.8 Å². The summed E-state index contributed by atoms with van der Waals surface area (Å²) >= 11 is 0.799. The van der Waals surface area contributed by atoms with Crippen LogP contribution in [0.1, 0.15) is 5.56 Å². The third-order valence-corrected chi connectivity index (χ3v) is 6.42. The zero-order valence-electron chi connectivity index (χ0n) is 14.5. The van der Waals surface area contributed by atoms with Gasteiger partial charge in [0.2, 0.25) is 5.88 Å². The van der Waals surface area contributed by atoms with E-state index in [4.69, 9.17) is 4.74 Å². The summed E-state index contributed by atoms with van der Waals surface area (Å²) in [5.41, 5.74) is 0.401. The molecule has 0 bridgehead atoms. The van der Waals surface area contributed by atoms with Crippen molar-refractivity contribution in [3.8, 4) is 11.6 Å². The monoisotopic (exact) mass is 423 g/mol. The summed E-state index contributed by atoms with van der Waals surface area (Å²) < 4.78 is 41.7. The maximum Gasteiger partial charge on any atom is 0.304 e. The second-order valence-corrected chi connectivity index (χ2v) is 9.02. The van der Waals surface area contributed by atoms with Gasteiger partial charge in [-0.15, -0.1) is 0 Å². The highest BCUT2D eigenvalue weighted by molar-refractivity contribution is 7.92. The van der Waals surface area contributed by atoms with E-state index in [1.54, 1.807) is 12.1 Å². The van der Waals surface area contributed by atoms with Gasteiger partial charge in [0.15, 0.2) is 14.8 Å². The normalized spacial score (nSPS) is 11.2. The van der Waals surface area contributed by atoms with Crippen LogP contribution in [-0.4, -0.2) is 24.6 Å². The van der Waals surface area contributed by atoms with Crippen LogP contribution in [0.25, 0.3) is 0 Å². The second kappa shape index (κ2) is 7.90. The highest BCUT2D eigenvalue weighted by atomic mass is 32.2. The van der Waals surface area contributed by atoms with Crippen molar-refractivity contribution in [3.05, 3.63) is 70.2 Å². The first-order valence-corrected chi connectivity index (χ1v) is 10.5. The Hall–Kier alpha value is -3.05. The van der Waals surface area contributed by atoms with Crippen LogP contribution in [0.3, 0.4) is 0 Å². The fraction of sp³-hybridized carbons (Fsp3) is 0.118. The lowest BCUT2D eigenvalue weighted by atomic mass is 10.2. The molecule has 3 rings (SSSR count). The third kappa shape index (κ3) is 4.81. The first-order chi connectivity index (χ1) is 13.2. The van der Waals surface area contributed by atoms with E-state index in [9.17, 15) is 22.9 Å². The summed E-state index contributed by atoms with van der Waals surface area (Å²) in [4.78, 5) is 14.6. The number of aromatic nitrogens is 1. The SMILES string of the molecule is CS(=O)(=O)c1cc([N+](=O)[O-])c(NCc2ccnc(Oc3ccc(F)cc3)c2)s1. The molecule has 0 radical (unpaired) electrons. The standard InChI is InChI=1S/C17H14FN3O5S2/c1-28(24,25)16-9-14(21(22)23)17(27-16)20-10-11-6-7-19-15(8-11)26-13-4-2-12(18)3-5-13/h2-9,20H,10H2,1H3. The van der Waals surface area contributed by atoms with Gasteiger partial charge in [-0.2, -0.15) is 0 Å². The number of halogens is 1. The second-order valence-electron chi connectivity index (χ2n) is 5.72. The molecule has 0 aliphatic carbocycles. The average Bonchev–Trinajstić information content (AvgIpc) is 3.07. The van der Waals surface area contributed by atoms with Gasteiger partial charge in [-0.3, -0.25) is 10.1 Å². The number of rotatable bonds is 7. The molecule has 28 heavy (non-hydrogen) atoms. The summed E-state index contributed by atoms with van der Waals surface area (Å²) in [5.74, 6) is 0.290. The Bertz CT molecular complexity index is 1110. The predicted octanol–water partition coefficient (Wildman–Crippen LogP) is 4.00. The van der Waals surface area contributed by atoms with Gasteiger partial charge in [0.25, 0.3) is 0 Å². The number of hydrogen-bond donors (Lipinski definition) is 1. The van der Waals surface area contributed by atoms with Crippen LogP contribution in [0, 0.1) is 15.9 Å². The van der Waals surface area contributed by atoms with Gasteiger partial charge < -0.3 is 10.1 Å². The van der Waals surface area contributed by atoms with E-state index in [1.807, 2.05) is 0 Å². The van der Waals surface area contributed by atoms with Crippen molar-refractivity contribution in [3.63, 3.8) is 0 Å². The number of thiophene rings is 1. The average molecular weight is 423 g/mol. The molecule has 0 saturated heterocycles. The molecular weight excluding hydrogens is 409 g/mol. The van der Waals surface area contributed by atoms with Gasteiger partial charge in [-0.05, 0) is 35.9 Å². The number of anilines is 1. The van der Waals surface area contributed by atoms with Gasteiger partial charge in [0.05, 0.1) is 4.92 Å². The molecule has 0 unspecified atom stereocenters. The number of ether oxygens (including phenoxy) is 1. The maximum absolute atomic E-state index is 13.0. The van der Waals surface area contributed by atoms with Crippen molar-refractivity contribution in [2.45, 2.75) is 10.8 Å². The number of nitrogens with zero attached hydrogens (tertiary/aromatic N) is 2. The van der Waals surface area contributed by atoms with Crippen LogP contribution in [0.2, 0.25) is 0 Å². The van der Waals surface area contributed by atoms with Gasteiger partial charge >= 0.3 is 5.69 Å². The highest BCUT2D eigenvalue weighted by Gasteiger charge is 2.23. The van der Waals surface area contributed by atoms with Gasteiger partial charge in [-0.1, -0.05) is 11.3 Å². The van der Waals surface area contributed by atoms with Crippen LogP contribution in [0.4, 0.5) is 15.1 Å². The minimum absolute atomic E-state index is 0.0863. The first kappa shape index (κ1) is 19.7. The topological polar surface area (TPSA) is 111 Å². The number of nitrogens with one attached hydrogen (secondary N) is 1. The van der Waals surface area contributed by atoms with Crippen molar-refractivity contribution in [1.82, 2.24) is 4.98 Å². The summed E-state index contributed by atoms with van der Waals surface area (Å²) in [6.07, 6.45) is 2.49. The Morgan fingerprint density at radius 2 is 1.96 bits per heavy atom. The Balaban J connectivity index is 1.75. The molecule has 0 aliphatic rings. The lowest BCUT2D eigenvalue weighted by Gasteiger charge is -2.07. The van der Waals surface area contributed by atoms with E-state index in [0.29, 0.717) is 11.3 Å². The van der Waals surface area contributed by atoms with E-state index in [2.05, 4.69) is 10.3 Å². The molecule has 0 amide bonds. The third-order valence-electron chi connectivity index (χ3n) is 3.54. The minimum atomic E-state index is -3.55. The lowest BCUT2D eigenvalue weighted by Crippen LogP contribution is -2.01. The number of benzene rings is 1. The van der Waals surface area contributed by atoms with Crippen LogP contribution in [0.15, 0.2) is 52.9 Å². The molecule has 1 N–H and O–H groups in total. The van der Waals surface area contributed by atoms with Gasteiger partial charge in [-0.25, -0.2) is 17.8 Å². The molecule has 2 heterocycles. The zero-order valence-corrected chi connectivity index (χ0v) is 16.1. The molecule has 2 aromatic heterocycles. The summed E-state index contributed by atoms with van der Waals surface area (Å²) in [6, 6.07) is 9.78. The predicted molar refractivity (Wildman–Crippen MR) is 102 cm³/mol. The molecule has 8 nitrogen and oxygen atoms in total. The van der Waals surface area contributed by atoms with E-state index in [0.717, 1.165) is 23.7 Å². The summed E-state index contributed by atoms with van der Waals surface area (Å²) in [6.45, 7) is 0.187. The molecule has 0 aliphatic heterocycles. The van der Waals surface area contributed by atoms with Crippen molar-refractivity contribution >= 4 is 31.9 Å². The summed E-state index contributed by atoms with van der Waals surface area (Å²) in [7, 11) is -3.55. The van der Waals surface area contributed by atoms with Crippen LogP contribution in [-0.2, 0) is 16.4 Å². The Morgan fingerprint density at radius 3 is 2.61 bits per heavy atom. The molecule has 146 valence electrons. The highest BCUT2D eigenvalue weighted by Crippen LogP contribution is 2.37. The lowest BCUT2D eigenvalue weighted by molar-refractivity contribution is -0.383. The van der Waals surface area contributed by atoms with Crippen molar-refractivity contribution < 1.29 is 22.5 Å². The molecule has 3 aromatic rings. The largest absolute Gasteiger partial charge is 0.439 e. The number of nitro groups is 1. The van der Waals surface area contributed by atoms with Crippen LogP contribution < -0.4 is 10.1 Å². The molecular formula is C17H14FN3O5S2. The zero-order chi connectivity index (χ0) is 20.3. The van der Waals surface area contributed by atoms with E-state index in [1.165, 1.54) is 30.5 Å². The number of hydrogen-bond acceptors (Lipinski definition) is 8. The molecule has 11 heteroatoms. The number of pyridine rings is 1. The molecule has 0 saturated carbocycles. The quantitative estimate of drug-likeness (QED) is 0.452. The van der Waals surface area contributed by atoms with Gasteiger partial charge in [0.1, 0.15) is 15.8 Å². The van der Waals surface area contributed by atoms with Crippen LogP contribution in [0.5, 0.6) is 11.6 Å². The smallest absolute Gasteiger partial charge is 0.304 e. The van der Waals surface area contributed by atoms with Crippen molar-refractivity contribution in [2.75, 3.05) is 11.6 Å². The fourth-order valence-electron chi connectivity index (χ4n) is 2.23. The van der Waals surface area contributed by atoms with E-state index in [-0.39, 0.29) is 33.1 Å². The van der Waals surface area contributed by atoms with Crippen molar-refractivity contribution in [2.24, 2.45) is 0 Å². The Morgan fingerprint density at radius 1 is 1.25 bits per heavy atom. The van der Waals surface area contributed by atoms with Crippen molar-refractivity contribution in [1.29, 1.82) is 0 Å². The van der Waals surface area contributed by atoms with E-state index >= 15 is 0 Å². The molecule has 0 atom stereocenters.